The van der Waals surface area contributed by atoms with E-state index in [0.29, 0.717) is 25.7 Å². The van der Waals surface area contributed by atoms with Gasteiger partial charge in [-0.05, 0) is 36.7 Å². The number of hydrogen-bond donors (Lipinski definition) is 2. The number of carbonyl (C=O) groups excluding carboxylic acids is 1. The van der Waals surface area contributed by atoms with Gasteiger partial charge in [0.1, 0.15) is 5.54 Å². The van der Waals surface area contributed by atoms with Gasteiger partial charge in [0.15, 0.2) is 0 Å². The molecule has 1 amide bonds. The molecule has 0 radical (unpaired) electrons. The van der Waals surface area contributed by atoms with Crippen LogP contribution >= 0.6 is 0 Å². The first kappa shape index (κ1) is 15.5. The smallest absolute Gasteiger partial charge is 0.329 e. The Morgan fingerprint density at radius 1 is 1.24 bits per heavy atom. The number of aliphatic carboxylic acids is 1. The fraction of sp³-hybridized carbons (Fsp3) is 0.529. The molecule has 1 aromatic carbocycles. The van der Waals surface area contributed by atoms with Crippen LogP contribution in [0.3, 0.4) is 0 Å². The van der Waals surface area contributed by atoms with Crippen molar-refractivity contribution in [2.75, 3.05) is 0 Å². The molecule has 4 heteroatoms. The number of rotatable bonds is 6. The highest BCUT2D eigenvalue weighted by molar-refractivity contribution is 5.87. The Morgan fingerprint density at radius 3 is 2.33 bits per heavy atom. The van der Waals surface area contributed by atoms with Gasteiger partial charge in [-0.25, -0.2) is 4.79 Å². The molecule has 0 aliphatic heterocycles. The average molecular weight is 289 g/mol. The van der Waals surface area contributed by atoms with E-state index in [4.69, 9.17) is 0 Å². The molecule has 1 aliphatic carbocycles. The molecule has 0 saturated heterocycles. The summed E-state index contributed by atoms with van der Waals surface area (Å²) in [6, 6.07) is 10.1. The highest BCUT2D eigenvalue weighted by Crippen LogP contribution is 2.33. The molecule has 0 atom stereocenters. The van der Waals surface area contributed by atoms with E-state index in [1.165, 1.54) is 5.56 Å². The summed E-state index contributed by atoms with van der Waals surface area (Å²) in [5.74, 6) is -1.08. The maximum atomic E-state index is 12.1. The lowest BCUT2D eigenvalue weighted by Crippen LogP contribution is -2.59. The van der Waals surface area contributed by atoms with Crippen LogP contribution < -0.4 is 5.32 Å². The lowest BCUT2D eigenvalue weighted by atomic mass is 9.76. The molecule has 1 aliphatic rings. The van der Waals surface area contributed by atoms with Crippen LogP contribution in [0, 0.1) is 0 Å². The van der Waals surface area contributed by atoms with E-state index in [2.05, 4.69) is 31.3 Å². The van der Waals surface area contributed by atoms with Gasteiger partial charge in [0, 0.05) is 6.42 Å². The third-order valence-corrected chi connectivity index (χ3v) is 4.53. The van der Waals surface area contributed by atoms with Gasteiger partial charge in [-0.15, -0.1) is 0 Å². The van der Waals surface area contributed by atoms with E-state index >= 15 is 0 Å². The zero-order chi connectivity index (χ0) is 15.5. The molecule has 0 bridgehead atoms. The van der Waals surface area contributed by atoms with Gasteiger partial charge in [0.2, 0.25) is 5.91 Å². The topological polar surface area (TPSA) is 66.4 Å². The van der Waals surface area contributed by atoms with Crippen LogP contribution in [0.25, 0.3) is 0 Å². The minimum atomic E-state index is -1.01. The molecule has 0 aromatic heterocycles. The molecule has 2 rings (SSSR count). The Balaban J connectivity index is 1.91. The summed E-state index contributed by atoms with van der Waals surface area (Å²) in [6.07, 6.45) is 2.98. The Bertz CT molecular complexity index is 518. The van der Waals surface area contributed by atoms with E-state index in [9.17, 15) is 14.7 Å². The van der Waals surface area contributed by atoms with Crippen LogP contribution in [-0.2, 0) is 15.0 Å². The van der Waals surface area contributed by atoms with Crippen LogP contribution in [0.1, 0.15) is 51.5 Å². The first-order chi connectivity index (χ1) is 9.86. The first-order valence-corrected chi connectivity index (χ1v) is 7.46. The van der Waals surface area contributed by atoms with Crippen molar-refractivity contribution in [1.82, 2.24) is 5.32 Å². The lowest BCUT2D eigenvalue weighted by molar-refractivity contribution is -0.151. The third-order valence-electron chi connectivity index (χ3n) is 4.53. The highest BCUT2D eigenvalue weighted by atomic mass is 16.4. The van der Waals surface area contributed by atoms with Gasteiger partial charge in [-0.3, -0.25) is 4.79 Å². The highest BCUT2D eigenvalue weighted by Gasteiger charge is 2.45. The number of hydrogen-bond acceptors (Lipinski definition) is 2. The number of benzene rings is 1. The second-order valence-corrected chi connectivity index (χ2v) is 6.54. The van der Waals surface area contributed by atoms with Gasteiger partial charge >= 0.3 is 5.97 Å². The van der Waals surface area contributed by atoms with Crippen molar-refractivity contribution in [3.8, 4) is 0 Å². The zero-order valence-corrected chi connectivity index (χ0v) is 12.7. The summed E-state index contributed by atoms with van der Waals surface area (Å²) in [7, 11) is 0. The summed E-state index contributed by atoms with van der Waals surface area (Å²) >= 11 is 0. The van der Waals surface area contributed by atoms with Gasteiger partial charge < -0.3 is 10.4 Å². The largest absolute Gasteiger partial charge is 0.480 e. The predicted molar refractivity (Wildman–Crippen MR) is 81.1 cm³/mol. The first-order valence-electron chi connectivity index (χ1n) is 7.46. The van der Waals surface area contributed by atoms with Crippen molar-refractivity contribution >= 4 is 11.9 Å². The molecular formula is C17H23NO3. The number of carbonyl (C=O) groups is 2. The summed E-state index contributed by atoms with van der Waals surface area (Å²) in [5.41, 5.74) is 0.0807. The summed E-state index contributed by atoms with van der Waals surface area (Å²) < 4.78 is 0. The number of amides is 1. The van der Waals surface area contributed by atoms with Crippen LogP contribution in [0.15, 0.2) is 30.3 Å². The fourth-order valence-corrected chi connectivity index (χ4v) is 2.71. The molecular weight excluding hydrogens is 266 g/mol. The standard InChI is InChI=1S/C17H23NO3/c1-16(2,13-7-4-3-5-8-13)12-9-14(19)18-17(15(20)21)10-6-11-17/h3-5,7-8H,6,9-12H2,1-2H3,(H,18,19)(H,20,21). The van der Waals surface area contributed by atoms with Gasteiger partial charge in [-0.1, -0.05) is 44.2 Å². The second-order valence-electron chi connectivity index (χ2n) is 6.54. The third kappa shape index (κ3) is 3.43. The Labute approximate surface area is 125 Å². The molecule has 2 N–H and O–H groups in total. The molecule has 1 aromatic rings. The minimum Gasteiger partial charge on any atom is -0.480 e. The van der Waals surface area contributed by atoms with Gasteiger partial charge in [0.25, 0.3) is 0 Å². The summed E-state index contributed by atoms with van der Waals surface area (Å²) in [4.78, 5) is 23.3. The maximum absolute atomic E-state index is 12.1. The van der Waals surface area contributed by atoms with Crippen molar-refractivity contribution in [2.24, 2.45) is 0 Å². The van der Waals surface area contributed by atoms with Crippen molar-refractivity contribution < 1.29 is 14.7 Å². The van der Waals surface area contributed by atoms with Crippen LogP contribution in [-0.4, -0.2) is 22.5 Å². The average Bonchev–Trinajstić information content (AvgIpc) is 2.41. The number of carboxylic acids is 1. The summed E-state index contributed by atoms with van der Waals surface area (Å²) in [6.45, 7) is 4.21. The number of nitrogens with one attached hydrogen (secondary N) is 1. The van der Waals surface area contributed by atoms with E-state index in [0.717, 1.165) is 6.42 Å². The van der Waals surface area contributed by atoms with Crippen molar-refractivity contribution in [2.45, 2.75) is 56.9 Å². The Hall–Kier alpha value is -1.84. The second kappa shape index (κ2) is 5.88. The molecule has 114 valence electrons. The monoisotopic (exact) mass is 289 g/mol. The molecule has 21 heavy (non-hydrogen) atoms. The maximum Gasteiger partial charge on any atom is 0.329 e. The zero-order valence-electron chi connectivity index (χ0n) is 12.7. The van der Waals surface area contributed by atoms with Crippen molar-refractivity contribution in [3.63, 3.8) is 0 Å². The predicted octanol–water partition coefficient (Wildman–Crippen LogP) is 2.87. The molecule has 0 unspecified atom stereocenters. The lowest BCUT2D eigenvalue weighted by Gasteiger charge is -2.38. The van der Waals surface area contributed by atoms with E-state index in [-0.39, 0.29) is 11.3 Å². The molecule has 0 heterocycles. The normalized spacial score (nSPS) is 16.9. The van der Waals surface area contributed by atoms with E-state index in [1.807, 2.05) is 18.2 Å². The quantitative estimate of drug-likeness (QED) is 0.846. The van der Waals surface area contributed by atoms with E-state index < -0.39 is 11.5 Å². The van der Waals surface area contributed by atoms with Gasteiger partial charge in [0.05, 0.1) is 0 Å². The molecule has 0 spiro atoms. The minimum absolute atomic E-state index is 0.103. The Morgan fingerprint density at radius 2 is 1.86 bits per heavy atom. The molecule has 4 nitrogen and oxygen atoms in total. The summed E-state index contributed by atoms with van der Waals surface area (Å²) in [5, 5.41) is 11.9. The number of carboxylic acid groups (broad SMARTS) is 1. The van der Waals surface area contributed by atoms with E-state index in [1.54, 1.807) is 0 Å². The van der Waals surface area contributed by atoms with Crippen molar-refractivity contribution in [3.05, 3.63) is 35.9 Å². The van der Waals surface area contributed by atoms with Crippen LogP contribution in [0.4, 0.5) is 0 Å². The molecule has 1 saturated carbocycles. The molecule has 1 fully saturated rings. The van der Waals surface area contributed by atoms with Crippen LogP contribution in [0.5, 0.6) is 0 Å². The van der Waals surface area contributed by atoms with Gasteiger partial charge in [-0.2, -0.15) is 0 Å². The van der Waals surface area contributed by atoms with Crippen molar-refractivity contribution in [1.29, 1.82) is 0 Å². The Kier molecular flexibility index (Phi) is 4.35. The SMILES string of the molecule is CC(C)(CCC(=O)NC1(C(=O)O)CCC1)c1ccccc1. The van der Waals surface area contributed by atoms with Crippen LogP contribution in [0.2, 0.25) is 0 Å². The fourth-order valence-electron chi connectivity index (χ4n) is 2.71.